The summed E-state index contributed by atoms with van der Waals surface area (Å²) in [6.45, 7) is 0.602. The van der Waals surface area contributed by atoms with Gasteiger partial charge < -0.3 is 5.32 Å². The van der Waals surface area contributed by atoms with E-state index in [1.54, 1.807) is 36.7 Å². The van der Waals surface area contributed by atoms with E-state index in [2.05, 4.69) is 27.2 Å². The van der Waals surface area contributed by atoms with E-state index < -0.39 is 12.5 Å². The van der Waals surface area contributed by atoms with Crippen LogP contribution < -0.4 is 5.32 Å². The molecule has 0 aliphatic heterocycles. The zero-order valence-corrected chi connectivity index (χ0v) is 14.7. The molecule has 0 spiro atoms. The van der Waals surface area contributed by atoms with Gasteiger partial charge in [-0.1, -0.05) is 17.9 Å². The van der Waals surface area contributed by atoms with Gasteiger partial charge in [0.25, 0.3) is 5.91 Å². The Hall–Kier alpha value is -3.53. The number of carbonyl (C=O) groups excluding carboxylic acids is 1. The lowest BCUT2D eigenvalue weighted by molar-refractivity contribution is 0.0545. The minimum absolute atomic E-state index is 0.182. The highest BCUT2D eigenvalue weighted by molar-refractivity contribution is 6.04. The van der Waals surface area contributed by atoms with Crippen molar-refractivity contribution in [2.24, 2.45) is 0 Å². The molecule has 0 saturated heterocycles. The quantitative estimate of drug-likeness (QED) is 0.714. The maximum absolute atomic E-state index is 12.8. The Morgan fingerprint density at radius 1 is 1.19 bits per heavy atom. The first-order chi connectivity index (χ1) is 13.0. The van der Waals surface area contributed by atoms with Gasteiger partial charge in [0.2, 0.25) is 0 Å². The SMILES string of the molecule is Cc1ccc(C(=O)Nc2cnn(C(F)F)c2C)cc1C#Cc1cccnc1. The van der Waals surface area contributed by atoms with Gasteiger partial charge in [-0.25, -0.2) is 4.68 Å². The monoisotopic (exact) mass is 366 g/mol. The normalized spacial score (nSPS) is 10.4. The first kappa shape index (κ1) is 18.3. The van der Waals surface area contributed by atoms with Crippen LogP contribution in [0.5, 0.6) is 0 Å². The molecule has 27 heavy (non-hydrogen) atoms. The van der Waals surface area contributed by atoms with Gasteiger partial charge in [0.1, 0.15) is 0 Å². The third-order valence-electron chi connectivity index (χ3n) is 3.98. The number of alkyl halides is 2. The number of benzene rings is 1. The first-order valence-corrected chi connectivity index (χ1v) is 8.12. The molecule has 0 unspecified atom stereocenters. The molecule has 0 fully saturated rings. The van der Waals surface area contributed by atoms with E-state index in [0.29, 0.717) is 15.8 Å². The van der Waals surface area contributed by atoms with Gasteiger partial charge in [0.15, 0.2) is 0 Å². The zero-order chi connectivity index (χ0) is 19.4. The molecule has 1 aromatic carbocycles. The fourth-order valence-electron chi connectivity index (χ4n) is 2.41. The summed E-state index contributed by atoms with van der Waals surface area (Å²) in [5.74, 6) is 5.61. The van der Waals surface area contributed by atoms with E-state index in [1.165, 1.54) is 13.1 Å². The summed E-state index contributed by atoms with van der Waals surface area (Å²) >= 11 is 0. The average molecular weight is 366 g/mol. The summed E-state index contributed by atoms with van der Waals surface area (Å²) in [6, 6.07) is 8.75. The largest absolute Gasteiger partial charge is 0.333 e. The van der Waals surface area contributed by atoms with Crippen molar-refractivity contribution in [3.05, 3.63) is 76.9 Å². The van der Waals surface area contributed by atoms with Crippen LogP contribution >= 0.6 is 0 Å². The Morgan fingerprint density at radius 3 is 2.67 bits per heavy atom. The highest BCUT2D eigenvalue weighted by Crippen LogP contribution is 2.20. The first-order valence-electron chi connectivity index (χ1n) is 8.12. The Morgan fingerprint density at radius 2 is 2.00 bits per heavy atom. The second-order valence-corrected chi connectivity index (χ2v) is 5.84. The summed E-state index contributed by atoms with van der Waals surface area (Å²) in [5, 5.41) is 6.19. The number of anilines is 1. The number of halogens is 2. The van der Waals surface area contributed by atoms with Crippen molar-refractivity contribution >= 4 is 11.6 Å². The van der Waals surface area contributed by atoms with E-state index in [0.717, 1.165) is 11.1 Å². The van der Waals surface area contributed by atoms with Crippen LogP contribution in [0.4, 0.5) is 14.5 Å². The van der Waals surface area contributed by atoms with Crippen molar-refractivity contribution in [1.29, 1.82) is 0 Å². The molecule has 1 amide bonds. The lowest BCUT2D eigenvalue weighted by atomic mass is 10.0. The second kappa shape index (κ2) is 7.79. The number of aryl methyl sites for hydroxylation is 1. The van der Waals surface area contributed by atoms with Crippen molar-refractivity contribution in [2.45, 2.75) is 20.4 Å². The van der Waals surface area contributed by atoms with Gasteiger partial charge in [0, 0.05) is 29.1 Å². The van der Waals surface area contributed by atoms with Gasteiger partial charge in [-0.15, -0.1) is 0 Å². The van der Waals surface area contributed by atoms with Gasteiger partial charge in [-0.2, -0.15) is 13.9 Å². The van der Waals surface area contributed by atoms with Crippen molar-refractivity contribution in [2.75, 3.05) is 5.32 Å². The predicted octanol–water partition coefficient (Wildman–Crippen LogP) is 3.94. The van der Waals surface area contributed by atoms with E-state index >= 15 is 0 Å². The molecule has 7 heteroatoms. The fraction of sp³-hybridized carbons (Fsp3) is 0.150. The van der Waals surface area contributed by atoms with Crippen molar-refractivity contribution < 1.29 is 13.6 Å². The number of aromatic nitrogens is 3. The third kappa shape index (κ3) is 4.18. The van der Waals surface area contributed by atoms with Crippen molar-refractivity contribution in [3.63, 3.8) is 0 Å². The van der Waals surface area contributed by atoms with Gasteiger partial charge >= 0.3 is 6.55 Å². The Bertz CT molecular complexity index is 1030. The number of amides is 1. The minimum atomic E-state index is -2.76. The summed E-state index contributed by atoms with van der Waals surface area (Å²) in [6.07, 6.45) is 4.53. The van der Waals surface area contributed by atoms with Crippen LogP contribution in [0.2, 0.25) is 0 Å². The lowest BCUT2D eigenvalue weighted by Crippen LogP contribution is -2.13. The maximum Gasteiger partial charge on any atom is 0.333 e. The van der Waals surface area contributed by atoms with E-state index in [4.69, 9.17) is 0 Å². The average Bonchev–Trinajstić information content (AvgIpc) is 3.02. The van der Waals surface area contributed by atoms with Crippen LogP contribution in [-0.2, 0) is 0 Å². The number of hydrogen-bond acceptors (Lipinski definition) is 3. The minimum Gasteiger partial charge on any atom is -0.319 e. The molecule has 0 aliphatic rings. The molecule has 1 N–H and O–H groups in total. The van der Waals surface area contributed by atoms with E-state index in [-0.39, 0.29) is 11.4 Å². The van der Waals surface area contributed by atoms with Crippen molar-refractivity contribution in [1.82, 2.24) is 14.8 Å². The van der Waals surface area contributed by atoms with Crippen molar-refractivity contribution in [3.8, 4) is 11.8 Å². The molecule has 136 valence electrons. The number of carbonyl (C=O) groups is 1. The Labute approximate surface area is 155 Å². The second-order valence-electron chi connectivity index (χ2n) is 5.84. The predicted molar refractivity (Wildman–Crippen MR) is 97.6 cm³/mol. The standard InChI is InChI=1S/C20H16F2N4O/c1-13-5-7-17(10-16(13)8-6-15-4-3-9-23-11-15)19(27)25-18-12-24-26(14(18)2)20(21)22/h3-5,7,9-12,20H,1-2H3,(H,25,27). The van der Waals surface area contributed by atoms with Crippen LogP contribution in [0.3, 0.4) is 0 Å². The van der Waals surface area contributed by atoms with Crippen LogP contribution in [-0.4, -0.2) is 20.7 Å². The highest BCUT2D eigenvalue weighted by atomic mass is 19.3. The lowest BCUT2D eigenvalue weighted by Gasteiger charge is -2.07. The molecule has 3 rings (SSSR count). The third-order valence-corrected chi connectivity index (χ3v) is 3.98. The number of nitrogens with zero attached hydrogens (tertiary/aromatic N) is 3. The van der Waals surface area contributed by atoms with Gasteiger partial charge in [-0.3, -0.25) is 9.78 Å². The summed E-state index contributed by atoms with van der Waals surface area (Å²) in [5.41, 5.74) is 3.18. The molecule has 0 radical (unpaired) electrons. The van der Waals surface area contributed by atoms with Crippen LogP contribution in [0, 0.1) is 25.7 Å². The maximum atomic E-state index is 12.8. The van der Waals surface area contributed by atoms with Crippen LogP contribution in [0.25, 0.3) is 0 Å². The highest BCUT2D eigenvalue weighted by Gasteiger charge is 2.16. The molecule has 3 aromatic rings. The van der Waals surface area contributed by atoms with Crippen LogP contribution in [0.1, 0.15) is 39.3 Å². The zero-order valence-electron chi connectivity index (χ0n) is 14.7. The number of nitrogens with one attached hydrogen (secondary N) is 1. The number of rotatable bonds is 3. The smallest absolute Gasteiger partial charge is 0.319 e. The molecule has 5 nitrogen and oxygen atoms in total. The molecule has 2 aromatic heterocycles. The molecule has 0 aliphatic carbocycles. The van der Waals surface area contributed by atoms with Gasteiger partial charge in [0.05, 0.1) is 17.6 Å². The molecular weight excluding hydrogens is 350 g/mol. The number of hydrogen-bond donors (Lipinski definition) is 1. The fourth-order valence-corrected chi connectivity index (χ4v) is 2.41. The summed E-state index contributed by atoms with van der Waals surface area (Å²) in [7, 11) is 0. The summed E-state index contributed by atoms with van der Waals surface area (Å²) < 4.78 is 26.1. The number of pyridine rings is 1. The molecule has 0 bridgehead atoms. The summed E-state index contributed by atoms with van der Waals surface area (Å²) in [4.78, 5) is 16.5. The van der Waals surface area contributed by atoms with E-state index in [1.807, 2.05) is 13.0 Å². The Kier molecular flexibility index (Phi) is 5.27. The van der Waals surface area contributed by atoms with Crippen LogP contribution in [0.15, 0.2) is 48.9 Å². The molecule has 0 atom stereocenters. The van der Waals surface area contributed by atoms with E-state index in [9.17, 15) is 13.6 Å². The Balaban J connectivity index is 1.83. The molecule has 2 heterocycles. The molecule has 0 saturated carbocycles. The topological polar surface area (TPSA) is 59.8 Å². The molecular formula is C20H16F2N4O. The van der Waals surface area contributed by atoms with Gasteiger partial charge in [-0.05, 0) is 43.7 Å².